The van der Waals surface area contributed by atoms with Crippen LogP contribution in [0.15, 0.2) is 0 Å². The predicted molar refractivity (Wildman–Crippen MR) is 79.2 cm³/mol. The van der Waals surface area contributed by atoms with Gasteiger partial charge < -0.3 is 10.2 Å². The molecule has 2 unspecified atom stereocenters. The van der Waals surface area contributed by atoms with Crippen molar-refractivity contribution in [3.8, 4) is 0 Å². The topological polar surface area (TPSA) is 35.6 Å². The van der Waals surface area contributed by atoms with Crippen molar-refractivity contribution in [1.29, 1.82) is 0 Å². The van der Waals surface area contributed by atoms with E-state index in [1.54, 1.807) is 4.90 Å². The van der Waals surface area contributed by atoms with Crippen LogP contribution in [0.25, 0.3) is 0 Å². The van der Waals surface area contributed by atoms with Gasteiger partial charge in [0.15, 0.2) is 0 Å². The van der Waals surface area contributed by atoms with Crippen LogP contribution in [0.4, 0.5) is 13.2 Å². The molecular weight excluding hydrogens is 330 g/mol. The minimum absolute atomic E-state index is 0. The van der Waals surface area contributed by atoms with E-state index in [0.717, 1.165) is 19.4 Å². The van der Waals surface area contributed by atoms with E-state index in [9.17, 15) is 18.0 Å². The van der Waals surface area contributed by atoms with Gasteiger partial charge in [-0.1, -0.05) is 0 Å². The highest BCUT2D eigenvalue weighted by molar-refractivity contribution is 5.85. The van der Waals surface area contributed by atoms with Crippen LogP contribution < -0.4 is 5.32 Å². The molecule has 1 N–H and O–H groups in total. The molecule has 2 rings (SSSR count). The van der Waals surface area contributed by atoms with Gasteiger partial charge in [0.2, 0.25) is 5.91 Å². The highest BCUT2D eigenvalue weighted by Gasteiger charge is 2.41. The van der Waals surface area contributed by atoms with Crippen LogP contribution in [-0.2, 0) is 4.79 Å². The summed E-state index contributed by atoms with van der Waals surface area (Å²) in [5.41, 5.74) is 0. The van der Waals surface area contributed by atoms with Crippen molar-refractivity contribution in [3.63, 3.8) is 0 Å². The highest BCUT2D eigenvalue weighted by atomic mass is 35.5. The maximum atomic E-state index is 12.6. The normalized spacial score (nSPS) is 25.0. The molecule has 0 radical (unpaired) electrons. The van der Waals surface area contributed by atoms with Crippen LogP contribution in [0, 0.1) is 0 Å². The fourth-order valence-electron chi connectivity index (χ4n) is 2.65. The van der Waals surface area contributed by atoms with E-state index in [4.69, 9.17) is 0 Å². The number of alkyl halides is 3. The molecule has 2 fully saturated rings. The molecule has 0 aromatic rings. The first kappa shape index (κ1) is 20.8. The molecular formula is C12H22Cl2F3N3O. The number of amides is 1. The van der Waals surface area contributed by atoms with E-state index in [1.165, 1.54) is 11.8 Å². The lowest BCUT2D eigenvalue weighted by molar-refractivity contribution is -0.183. The van der Waals surface area contributed by atoms with Gasteiger partial charge in [-0.2, -0.15) is 13.2 Å². The number of hydrogen-bond donors (Lipinski definition) is 1. The third kappa shape index (κ3) is 5.16. The van der Waals surface area contributed by atoms with Crippen molar-refractivity contribution < 1.29 is 18.0 Å². The Balaban J connectivity index is 0.00000200. The van der Waals surface area contributed by atoms with Crippen molar-refractivity contribution in [1.82, 2.24) is 15.1 Å². The molecule has 0 spiro atoms. The molecule has 1 amide bonds. The molecule has 2 aliphatic heterocycles. The quantitative estimate of drug-likeness (QED) is 0.822. The number of carbonyl (C=O) groups excluding carboxylic acids is 1. The maximum Gasteiger partial charge on any atom is 0.403 e. The molecule has 2 atom stereocenters. The lowest BCUT2D eigenvalue weighted by atomic mass is 10.1. The van der Waals surface area contributed by atoms with E-state index in [-0.39, 0.29) is 36.8 Å². The summed E-state index contributed by atoms with van der Waals surface area (Å²) in [5, 5.41) is 3.13. The second-order valence-electron chi connectivity index (χ2n) is 5.23. The average Bonchev–Trinajstić information content (AvgIpc) is 2.90. The SMILES string of the molecule is CC(N1CCN(C(=O)C2CCCN2)CC1)C(F)(F)F.Cl.Cl. The summed E-state index contributed by atoms with van der Waals surface area (Å²) in [6.07, 6.45) is -2.38. The van der Waals surface area contributed by atoms with Crippen LogP contribution >= 0.6 is 24.8 Å². The number of halogens is 5. The number of hydrogen-bond acceptors (Lipinski definition) is 3. The lowest BCUT2D eigenvalue weighted by Gasteiger charge is -2.39. The molecule has 0 aromatic carbocycles. The third-order valence-electron chi connectivity index (χ3n) is 4.01. The molecule has 4 nitrogen and oxygen atoms in total. The second kappa shape index (κ2) is 8.41. The zero-order valence-corrected chi connectivity index (χ0v) is 13.5. The number of nitrogens with one attached hydrogen (secondary N) is 1. The number of carbonyl (C=O) groups is 1. The van der Waals surface area contributed by atoms with Gasteiger partial charge >= 0.3 is 6.18 Å². The van der Waals surface area contributed by atoms with Gasteiger partial charge in [0, 0.05) is 26.2 Å². The van der Waals surface area contributed by atoms with Crippen LogP contribution in [0.1, 0.15) is 19.8 Å². The van der Waals surface area contributed by atoms with Gasteiger partial charge in [0.05, 0.1) is 6.04 Å². The Morgan fingerprint density at radius 1 is 1.19 bits per heavy atom. The third-order valence-corrected chi connectivity index (χ3v) is 4.01. The van der Waals surface area contributed by atoms with E-state index < -0.39 is 12.2 Å². The van der Waals surface area contributed by atoms with E-state index in [1.807, 2.05) is 0 Å². The van der Waals surface area contributed by atoms with Gasteiger partial charge in [-0.15, -0.1) is 24.8 Å². The number of nitrogens with zero attached hydrogens (tertiary/aromatic N) is 2. The van der Waals surface area contributed by atoms with Crippen LogP contribution in [0.5, 0.6) is 0 Å². The first-order chi connectivity index (χ1) is 8.89. The average molecular weight is 352 g/mol. The Hall–Kier alpha value is -0.240. The van der Waals surface area contributed by atoms with Crippen molar-refractivity contribution in [2.24, 2.45) is 0 Å². The fraction of sp³-hybridized carbons (Fsp3) is 0.917. The molecule has 0 saturated carbocycles. The van der Waals surface area contributed by atoms with Gasteiger partial charge in [-0.05, 0) is 26.3 Å². The Morgan fingerprint density at radius 2 is 1.76 bits per heavy atom. The number of piperazine rings is 1. The zero-order valence-electron chi connectivity index (χ0n) is 11.9. The first-order valence-electron chi connectivity index (χ1n) is 6.72. The first-order valence-corrected chi connectivity index (χ1v) is 6.72. The fourth-order valence-corrected chi connectivity index (χ4v) is 2.65. The molecule has 0 aromatic heterocycles. The summed E-state index contributed by atoms with van der Waals surface area (Å²) in [5.74, 6) is 0.0387. The Kier molecular flexibility index (Phi) is 8.31. The van der Waals surface area contributed by atoms with Crippen molar-refractivity contribution in [2.75, 3.05) is 32.7 Å². The monoisotopic (exact) mass is 351 g/mol. The van der Waals surface area contributed by atoms with Gasteiger partial charge in [-0.25, -0.2) is 0 Å². The van der Waals surface area contributed by atoms with Crippen LogP contribution in [-0.4, -0.2) is 66.7 Å². The van der Waals surface area contributed by atoms with Crippen molar-refractivity contribution >= 4 is 30.7 Å². The Labute approximate surface area is 135 Å². The van der Waals surface area contributed by atoms with Gasteiger partial charge in [-0.3, -0.25) is 9.69 Å². The molecule has 9 heteroatoms. The summed E-state index contributed by atoms with van der Waals surface area (Å²) < 4.78 is 37.8. The van der Waals surface area contributed by atoms with Crippen molar-refractivity contribution in [3.05, 3.63) is 0 Å². The summed E-state index contributed by atoms with van der Waals surface area (Å²) in [6, 6.07) is -1.57. The summed E-state index contributed by atoms with van der Waals surface area (Å²) in [7, 11) is 0. The minimum atomic E-state index is -4.20. The summed E-state index contributed by atoms with van der Waals surface area (Å²) in [6.45, 7) is 3.38. The molecule has 0 aliphatic carbocycles. The number of rotatable bonds is 2. The highest BCUT2D eigenvalue weighted by Crippen LogP contribution is 2.25. The maximum absolute atomic E-state index is 12.6. The molecule has 126 valence electrons. The lowest BCUT2D eigenvalue weighted by Crippen LogP contribution is -2.57. The van der Waals surface area contributed by atoms with E-state index in [2.05, 4.69) is 5.32 Å². The second-order valence-corrected chi connectivity index (χ2v) is 5.23. The predicted octanol–water partition coefficient (Wildman–Crippen LogP) is 1.68. The summed E-state index contributed by atoms with van der Waals surface area (Å²) >= 11 is 0. The van der Waals surface area contributed by atoms with E-state index >= 15 is 0 Å². The standard InChI is InChI=1S/C12H20F3N3O.2ClH/c1-9(12(13,14)15)17-5-7-18(8-6-17)11(19)10-3-2-4-16-10;;/h9-10,16H,2-8H2,1H3;2*1H. The van der Waals surface area contributed by atoms with E-state index in [0.29, 0.717) is 26.2 Å². The molecule has 2 saturated heterocycles. The molecule has 0 bridgehead atoms. The van der Waals surface area contributed by atoms with Gasteiger partial charge in [0.25, 0.3) is 0 Å². The Bertz CT molecular complexity index is 330. The summed E-state index contributed by atoms with van der Waals surface area (Å²) in [4.78, 5) is 15.2. The molecule has 2 heterocycles. The minimum Gasteiger partial charge on any atom is -0.339 e. The van der Waals surface area contributed by atoms with Crippen LogP contribution in [0.3, 0.4) is 0 Å². The van der Waals surface area contributed by atoms with Crippen molar-refractivity contribution in [2.45, 2.75) is 38.0 Å². The molecule has 21 heavy (non-hydrogen) atoms. The van der Waals surface area contributed by atoms with Crippen LogP contribution in [0.2, 0.25) is 0 Å². The Morgan fingerprint density at radius 3 is 2.19 bits per heavy atom. The van der Waals surface area contributed by atoms with Gasteiger partial charge in [0.1, 0.15) is 6.04 Å². The smallest absolute Gasteiger partial charge is 0.339 e. The zero-order chi connectivity index (χ0) is 14.0. The largest absolute Gasteiger partial charge is 0.403 e. The molecule has 2 aliphatic rings.